The molecule has 1 atom stereocenters. The summed E-state index contributed by atoms with van der Waals surface area (Å²) in [6.45, 7) is 0. The number of aryl methyl sites for hydroxylation is 1. The van der Waals surface area contributed by atoms with E-state index in [4.69, 9.17) is 0 Å². The van der Waals surface area contributed by atoms with Gasteiger partial charge in [0, 0.05) is 5.92 Å². The Morgan fingerprint density at radius 1 is 0.381 bits per heavy atom. The third-order valence-corrected chi connectivity index (χ3v) is 9.16. The van der Waals surface area contributed by atoms with E-state index >= 15 is 0 Å². The maximum absolute atomic E-state index is 2.41. The maximum atomic E-state index is 2.41. The van der Waals surface area contributed by atoms with Gasteiger partial charge in [0.05, 0.1) is 0 Å². The van der Waals surface area contributed by atoms with Gasteiger partial charge in [-0.3, -0.25) is 0 Å². The number of hydrogen-bond acceptors (Lipinski definition) is 0. The molecule has 9 rings (SSSR count). The van der Waals surface area contributed by atoms with Crippen molar-refractivity contribution in [3.63, 3.8) is 0 Å². The molecule has 0 saturated heterocycles. The third kappa shape index (κ3) is 4.41. The van der Waals surface area contributed by atoms with Crippen LogP contribution < -0.4 is 0 Å². The molecule has 1 unspecified atom stereocenters. The van der Waals surface area contributed by atoms with E-state index < -0.39 is 0 Å². The van der Waals surface area contributed by atoms with Crippen molar-refractivity contribution in [2.45, 2.75) is 25.2 Å². The van der Waals surface area contributed by atoms with Crippen LogP contribution in [0.1, 0.15) is 35.4 Å². The molecule has 0 fully saturated rings. The van der Waals surface area contributed by atoms with Crippen molar-refractivity contribution in [3.05, 3.63) is 168 Å². The van der Waals surface area contributed by atoms with Crippen LogP contribution >= 0.6 is 0 Å². The van der Waals surface area contributed by atoms with Gasteiger partial charge >= 0.3 is 0 Å². The van der Waals surface area contributed by atoms with Gasteiger partial charge in [0.1, 0.15) is 0 Å². The highest BCUT2D eigenvalue weighted by Gasteiger charge is 2.23. The SMILES string of the molecule is c1ccc2cc(C3CCCc4c3ccc3c4ccc4ccccc43)ccc2c1.c1ccc2cc3ccccc3cc2c1. The summed E-state index contributed by atoms with van der Waals surface area (Å²) in [4.78, 5) is 0. The average Bonchev–Trinajstić information content (AvgIpc) is 3.06. The second kappa shape index (κ2) is 10.5. The van der Waals surface area contributed by atoms with Crippen LogP contribution in [0.5, 0.6) is 0 Å². The summed E-state index contributed by atoms with van der Waals surface area (Å²) in [5.41, 5.74) is 4.55. The molecule has 42 heavy (non-hydrogen) atoms. The minimum atomic E-state index is 0.504. The predicted molar refractivity (Wildman–Crippen MR) is 182 cm³/mol. The van der Waals surface area contributed by atoms with E-state index in [1.807, 2.05) is 0 Å². The molecule has 0 N–H and O–H groups in total. The Bertz CT molecular complexity index is 2130. The van der Waals surface area contributed by atoms with Crippen molar-refractivity contribution in [1.29, 1.82) is 0 Å². The van der Waals surface area contributed by atoms with Crippen LogP contribution in [0, 0.1) is 0 Å². The lowest BCUT2D eigenvalue weighted by molar-refractivity contribution is 0.620. The molecular weight excluding hydrogens is 504 g/mol. The molecule has 0 heteroatoms. The molecule has 8 aromatic rings. The number of hydrogen-bond donors (Lipinski definition) is 0. The summed E-state index contributed by atoms with van der Waals surface area (Å²) in [7, 11) is 0. The fraction of sp³-hybridized carbons (Fsp3) is 0.0952. The van der Waals surface area contributed by atoms with Gasteiger partial charge in [-0.2, -0.15) is 0 Å². The van der Waals surface area contributed by atoms with E-state index in [9.17, 15) is 0 Å². The first-order valence-electron chi connectivity index (χ1n) is 15.1. The topological polar surface area (TPSA) is 0 Å². The Morgan fingerprint density at radius 3 is 1.57 bits per heavy atom. The van der Waals surface area contributed by atoms with Crippen LogP contribution in [-0.4, -0.2) is 0 Å². The minimum absolute atomic E-state index is 0.504. The Morgan fingerprint density at radius 2 is 0.905 bits per heavy atom. The molecule has 0 nitrogen and oxygen atoms in total. The zero-order valence-electron chi connectivity index (χ0n) is 23.6. The van der Waals surface area contributed by atoms with Crippen LogP contribution in [0.2, 0.25) is 0 Å². The van der Waals surface area contributed by atoms with E-state index in [1.54, 1.807) is 5.56 Å². The largest absolute Gasteiger partial charge is 0.0616 e. The van der Waals surface area contributed by atoms with E-state index in [-0.39, 0.29) is 0 Å². The van der Waals surface area contributed by atoms with Crippen molar-refractivity contribution in [1.82, 2.24) is 0 Å². The first kappa shape index (κ1) is 24.8. The number of fused-ring (bicyclic) bond motifs is 8. The molecule has 0 aromatic heterocycles. The van der Waals surface area contributed by atoms with Crippen LogP contribution in [0.4, 0.5) is 0 Å². The van der Waals surface area contributed by atoms with E-state index in [0.717, 1.165) is 0 Å². The van der Waals surface area contributed by atoms with Gasteiger partial charge in [0.25, 0.3) is 0 Å². The van der Waals surface area contributed by atoms with Gasteiger partial charge in [0.15, 0.2) is 0 Å². The molecule has 0 bridgehead atoms. The van der Waals surface area contributed by atoms with Crippen LogP contribution in [0.3, 0.4) is 0 Å². The number of benzene rings is 8. The lowest BCUT2D eigenvalue weighted by atomic mass is 9.76. The quantitative estimate of drug-likeness (QED) is 0.145. The summed E-state index contributed by atoms with van der Waals surface area (Å²) < 4.78 is 0. The van der Waals surface area contributed by atoms with E-state index in [1.165, 1.54) is 84.3 Å². The molecule has 1 aliphatic carbocycles. The average molecular weight is 537 g/mol. The normalized spacial score (nSPS) is 14.6. The Kier molecular flexibility index (Phi) is 6.19. The van der Waals surface area contributed by atoms with E-state index in [2.05, 4.69) is 152 Å². The van der Waals surface area contributed by atoms with Gasteiger partial charge in [-0.15, -0.1) is 0 Å². The fourth-order valence-electron chi connectivity index (χ4n) is 7.06. The Labute approximate surface area is 246 Å². The molecule has 0 saturated carbocycles. The second-order valence-electron chi connectivity index (χ2n) is 11.6. The lowest BCUT2D eigenvalue weighted by Crippen LogP contribution is -2.11. The van der Waals surface area contributed by atoms with Crippen LogP contribution in [0.25, 0.3) is 53.9 Å². The first-order valence-corrected chi connectivity index (χ1v) is 15.1. The summed E-state index contributed by atoms with van der Waals surface area (Å²) in [6.07, 6.45) is 3.69. The highest BCUT2D eigenvalue weighted by Crippen LogP contribution is 2.41. The van der Waals surface area contributed by atoms with Gasteiger partial charge in [0.2, 0.25) is 0 Å². The van der Waals surface area contributed by atoms with Crippen LogP contribution in [-0.2, 0) is 6.42 Å². The van der Waals surface area contributed by atoms with Crippen molar-refractivity contribution >= 4 is 53.9 Å². The van der Waals surface area contributed by atoms with Gasteiger partial charge in [-0.1, -0.05) is 140 Å². The summed E-state index contributed by atoms with van der Waals surface area (Å²) in [6, 6.07) is 55.3. The molecule has 0 aliphatic heterocycles. The Balaban J connectivity index is 0.000000159. The molecule has 0 spiro atoms. The van der Waals surface area contributed by atoms with Gasteiger partial charge in [-0.05, 0) is 102 Å². The third-order valence-electron chi connectivity index (χ3n) is 9.16. The molecule has 0 heterocycles. The number of rotatable bonds is 1. The zero-order valence-corrected chi connectivity index (χ0v) is 23.6. The first-order chi connectivity index (χ1) is 20.8. The molecule has 200 valence electrons. The van der Waals surface area contributed by atoms with Crippen molar-refractivity contribution in [3.8, 4) is 0 Å². The standard InChI is InChI=1S/C28H22.C14H10/c1-2-8-21-18-22(13-12-19(21)6-1)24-10-5-11-25-27(24)17-16-26-23-9-4-3-7-20(23)14-15-28(25)26;1-2-6-12-10-14-8-4-3-7-13(14)9-11(12)5-1/h1-4,6-9,12-18,24H,5,10-11H2;1-10H. The minimum Gasteiger partial charge on any atom is -0.0616 e. The Hall–Kier alpha value is -4.94. The lowest BCUT2D eigenvalue weighted by Gasteiger charge is -2.28. The van der Waals surface area contributed by atoms with Crippen molar-refractivity contribution < 1.29 is 0 Å². The van der Waals surface area contributed by atoms with Crippen molar-refractivity contribution in [2.24, 2.45) is 0 Å². The molecular formula is C42H32. The highest BCUT2D eigenvalue weighted by atomic mass is 14.3. The zero-order chi connectivity index (χ0) is 27.9. The monoisotopic (exact) mass is 536 g/mol. The summed E-state index contributed by atoms with van der Waals surface area (Å²) in [5, 5.41) is 13.5. The van der Waals surface area contributed by atoms with Gasteiger partial charge < -0.3 is 0 Å². The van der Waals surface area contributed by atoms with Crippen LogP contribution in [0.15, 0.2) is 152 Å². The summed E-state index contributed by atoms with van der Waals surface area (Å²) in [5.74, 6) is 0.504. The smallest absolute Gasteiger partial charge is 0.00926 e. The second-order valence-corrected chi connectivity index (χ2v) is 11.6. The molecule has 0 amide bonds. The van der Waals surface area contributed by atoms with Gasteiger partial charge in [-0.25, -0.2) is 0 Å². The van der Waals surface area contributed by atoms with E-state index in [0.29, 0.717) is 5.92 Å². The fourth-order valence-corrected chi connectivity index (χ4v) is 7.06. The molecule has 1 aliphatic rings. The predicted octanol–water partition coefficient (Wildman–Crippen LogP) is 11.6. The van der Waals surface area contributed by atoms with Crippen molar-refractivity contribution in [2.75, 3.05) is 0 Å². The molecule has 0 radical (unpaired) electrons. The maximum Gasteiger partial charge on any atom is 0.00926 e. The highest BCUT2D eigenvalue weighted by molar-refractivity contribution is 6.09. The molecule has 8 aromatic carbocycles. The summed E-state index contributed by atoms with van der Waals surface area (Å²) >= 11 is 0.